The van der Waals surface area contributed by atoms with Gasteiger partial charge in [0.25, 0.3) is 0 Å². The normalized spacial score (nSPS) is 27.2. The highest BCUT2D eigenvalue weighted by molar-refractivity contribution is 5.85. The van der Waals surface area contributed by atoms with Gasteiger partial charge in [-0.25, -0.2) is 0 Å². The van der Waals surface area contributed by atoms with E-state index in [0.29, 0.717) is 0 Å². The summed E-state index contributed by atoms with van der Waals surface area (Å²) in [4.78, 5) is 14.9. The van der Waals surface area contributed by atoms with Gasteiger partial charge in [-0.05, 0) is 30.9 Å². The van der Waals surface area contributed by atoms with Gasteiger partial charge in [-0.3, -0.25) is 4.79 Å². The van der Waals surface area contributed by atoms with Gasteiger partial charge in [0.15, 0.2) is 0 Å². The van der Waals surface area contributed by atoms with Crippen LogP contribution in [0, 0.1) is 0 Å². The van der Waals surface area contributed by atoms with Crippen LogP contribution in [0.5, 0.6) is 0 Å². The van der Waals surface area contributed by atoms with Gasteiger partial charge in [-0.15, -0.1) is 0 Å². The first-order valence-electron chi connectivity index (χ1n) is 7.52. The minimum absolute atomic E-state index is 0.0609. The van der Waals surface area contributed by atoms with Crippen LogP contribution in [-0.4, -0.2) is 36.0 Å². The maximum atomic E-state index is 12.9. The molecule has 0 bridgehead atoms. The van der Waals surface area contributed by atoms with Gasteiger partial charge in [-0.2, -0.15) is 0 Å². The number of benzene rings is 1. The second-order valence-corrected chi connectivity index (χ2v) is 6.01. The lowest BCUT2D eigenvalue weighted by Gasteiger charge is -2.37. The fourth-order valence-electron chi connectivity index (χ4n) is 3.32. The quantitative estimate of drug-likeness (QED) is 0.808. The zero-order valence-corrected chi connectivity index (χ0v) is 12.0. The van der Waals surface area contributed by atoms with Crippen molar-refractivity contribution in [2.75, 3.05) is 13.1 Å². The van der Waals surface area contributed by atoms with E-state index >= 15 is 0 Å². The Bertz CT molecular complexity index is 494. The number of rotatable bonds is 1. The maximum absolute atomic E-state index is 12.9. The number of hydrogen-bond donors (Lipinski definition) is 2. The fourth-order valence-corrected chi connectivity index (χ4v) is 3.32. The number of nitrogens with one attached hydrogen (secondary N) is 1. The molecule has 0 aromatic heterocycles. The number of carbonyl (C=O) groups is 1. The van der Waals surface area contributed by atoms with E-state index in [0.717, 1.165) is 32.5 Å². The maximum Gasteiger partial charge on any atom is 0.231 e. The van der Waals surface area contributed by atoms with E-state index in [4.69, 9.17) is 5.73 Å². The molecule has 2 atom stereocenters. The van der Waals surface area contributed by atoms with Crippen LogP contribution in [0.1, 0.15) is 36.8 Å². The second-order valence-electron chi connectivity index (χ2n) is 6.01. The number of nitrogens with two attached hydrogens (primary N) is 1. The molecule has 1 fully saturated rings. The van der Waals surface area contributed by atoms with Crippen molar-refractivity contribution in [1.82, 2.24) is 10.2 Å². The zero-order chi connectivity index (χ0) is 14.1. The van der Waals surface area contributed by atoms with Crippen molar-refractivity contribution >= 4 is 5.91 Å². The molecule has 1 aromatic rings. The molecule has 1 amide bonds. The van der Waals surface area contributed by atoms with Crippen molar-refractivity contribution in [3.8, 4) is 0 Å². The van der Waals surface area contributed by atoms with E-state index in [1.54, 1.807) is 0 Å². The number of likely N-dealkylation sites (tertiary alicyclic amines) is 1. The highest BCUT2D eigenvalue weighted by atomic mass is 16.2. The Morgan fingerprint density at radius 1 is 1.30 bits per heavy atom. The number of amides is 1. The summed E-state index contributed by atoms with van der Waals surface area (Å²) in [7, 11) is 0. The summed E-state index contributed by atoms with van der Waals surface area (Å²) in [6.07, 6.45) is 1.84. The van der Waals surface area contributed by atoms with Gasteiger partial charge in [0, 0.05) is 31.7 Å². The van der Waals surface area contributed by atoms with Gasteiger partial charge in [0.1, 0.15) is 0 Å². The molecule has 2 heterocycles. The molecule has 0 aliphatic carbocycles. The minimum atomic E-state index is -0.0609. The summed E-state index contributed by atoms with van der Waals surface area (Å²) >= 11 is 0. The van der Waals surface area contributed by atoms with Crippen LogP contribution in [0.2, 0.25) is 0 Å². The Hall–Kier alpha value is -1.39. The van der Waals surface area contributed by atoms with Crippen molar-refractivity contribution in [3.63, 3.8) is 0 Å². The largest absolute Gasteiger partial charge is 0.342 e. The van der Waals surface area contributed by atoms with Crippen LogP contribution in [0.15, 0.2) is 24.3 Å². The Morgan fingerprint density at radius 2 is 2.00 bits per heavy atom. The van der Waals surface area contributed by atoms with E-state index in [9.17, 15) is 4.79 Å². The van der Waals surface area contributed by atoms with Crippen LogP contribution in [0.25, 0.3) is 0 Å². The van der Waals surface area contributed by atoms with E-state index in [2.05, 4.69) is 24.4 Å². The molecule has 2 aliphatic heterocycles. The summed E-state index contributed by atoms with van der Waals surface area (Å²) < 4.78 is 0. The molecular weight excluding hydrogens is 250 g/mol. The SMILES string of the molecule is CC1NCc2ccccc2C1C(=O)N1CCC(N)CC1. The van der Waals surface area contributed by atoms with Gasteiger partial charge in [0.2, 0.25) is 5.91 Å². The molecule has 108 valence electrons. The van der Waals surface area contributed by atoms with Crippen LogP contribution in [0.4, 0.5) is 0 Å². The average Bonchev–Trinajstić information content (AvgIpc) is 2.47. The summed E-state index contributed by atoms with van der Waals surface area (Å²) in [6, 6.07) is 8.73. The van der Waals surface area contributed by atoms with Crippen molar-refractivity contribution in [1.29, 1.82) is 0 Å². The third kappa shape index (κ3) is 2.45. The topological polar surface area (TPSA) is 58.4 Å². The van der Waals surface area contributed by atoms with E-state index in [-0.39, 0.29) is 23.9 Å². The predicted octanol–water partition coefficient (Wildman–Crippen LogP) is 1.21. The van der Waals surface area contributed by atoms with Crippen molar-refractivity contribution in [3.05, 3.63) is 35.4 Å². The smallest absolute Gasteiger partial charge is 0.231 e. The molecule has 1 aromatic carbocycles. The molecule has 2 unspecified atom stereocenters. The highest BCUT2D eigenvalue weighted by Crippen LogP contribution is 2.30. The number of fused-ring (bicyclic) bond motifs is 1. The Morgan fingerprint density at radius 3 is 2.75 bits per heavy atom. The molecule has 0 spiro atoms. The molecule has 2 aliphatic rings. The number of nitrogens with zero attached hydrogens (tertiary/aromatic N) is 1. The van der Waals surface area contributed by atoms with Crippen LogP contribution in [-0.2, 0) is 11.3 Å². The molecule has 4 nitrogen and oxygen atoms in total. The van der Waals surface area contributed by atoms with Crippen molar-refractivity contribution in [2.45, 2.75) is 44.3 Å². The van der Waals surface area contributed by atoms with Crippen LogP contribution < -0.4 is 11.1 Å². The summed E-state index contributed by atoms with van der Waals surface area (Å²) in [5, 5.41) is 3.44. The van der Waals surface area contributed by atoms with Crippen LogP contribution >= 0.6 is 0 Å². The zero-order valence-electron chi connectivity index (χ0n) is 12.0. The third-order valence-corrected chi connectivity index (χ3v) is 4.62. The predicted molar refractivity (Wildman–Crippen MR) is 79.3 cm³/mol. The van der Waals surface area contributed by atoms with Crippen molar-refractivity contribution in [2.24, 2.45) is 5.73 Å². The number of carbonyl (C=O) groups excluding carboxylic acids is 1. The Kier molecular flexibility index (Phi) is 3.76. The highest BCUT2D eigenvalue weighted by Gasteiger charge is 2.35. The second kappa shape index (κ2) is 5.54. The molecule has 3 rings (SSSR count). The first-order valence-corrected chi connectivity index (χ1v) is 7.52. The fraction of sp³-hybridized carbons (Fsp3) is 0.562. The first kappa shape index (κ1) is 13.6. The summed E-state index contributed by atoms with van der Waals surface area (Å²) in [5.41, 5.74) is 8.37. The monoisotopic (exact) mass is 273 g/mol. The van der Waals surface area contributed by atoms with Gasteiger partial charge in [-0.1, -0.05) is 24.3 Å². The molecule has 0 radical (unpaired) electrons. The standard InChI is InChI=1S/C16H23N3O/c1-11-15(14-5-3-2-4-12(14)10-18-11)16(20)19-8-6-13(17)7-9-19/h2-5,11,13,15,18H,6-10,17H2,1H3. The summed E-state index contributed by atoms with van der Waals surface area (Å²) in [5.74, 6) is 0.193. The molecule has 3 N–H and O–H groups in total. The van der Waals surface area contributed by atoms with E-state index in [1.807, 2.05) is 17.0 Å². The third-order valence-electron chi connectivity index (χ3n) is 4.62. The average molecular weight is 273 g/mol. The van der Waals surface area contributed by atoms with E-state index < -0.39 is 0 Å². The van der Waals surface area contributed by atoms with Gasteiger partial charge < -0.3 is 16.0 Å². The Labute approximate surface area is 120 Å². The van der Waals surface area contributed by atoms with Crippen LogP contribution in [0.3, 0.4) is 0 Å². The van der Waals surface area contributed by atoms with E-state index in [1.165, 1.54) is 11.1 Å². The lowest BCUT2D eigenvalue weighted by atomic mass is 9.84. The minimum Gasteiger partial charge on any atom is -0.342 e. The van der Waals surface area contributed by atoms with Gasteiger partial charge >= 0.3 is 0 Å². The first-order chi connectivity index (χ1) is 9.66. The molecular formula is C16H23N3O. The lowest BCUT2D eigenvalue weighted by Crippen LogP contribution is -2.50. The van der Waals surface area contributed by atoms with Gasteiger partial charge in [0.05, 0.1) is 5.92 Å². The molecule has 4 heteroatoms. The van der Waals surface area contributed by atoms with Crippen molar-refractivity contribution < 1.29 is 4.79 Å². The number of hydrogen-bond acceptors (Lipinski definition) is 3. The lowest BCUT2D eigenvalue weighted by molar-refractivity contribution is -0.134. The Balaban J connectivity index is 1.83. The molecule has 1 saturated heterocycles. The molecule has 0 saturated carbocycles. The number of piperidine rings is 1. The summed E-state index contributed by atoms with van der Waals surface area (Å²) in [6.45, 7) is 4.55. The molecule has 20 heavy (non-hydrogen) atoms.